The lowest BCUT2D eigenvalue weighted by atomic mass is 10.1. The molecule has 0 aromatic heterocycles. The summed E-state index contributed by atoms with van der Waals surface area (Å²) in [5, 5.41) is 2.80. The minimum atomic E-state index is -0.311. The van der Waals surface area contributed by atoms with Crippen LogP contribution in [-0.2, 0) is 0 Å². The molecule has 1 amide bonds. The van der Waals surface area contributed by atoms with Crippen LogP contribution in [0.1, 0.15) is 41.6 Å². The van der Waals surface area contributed by atoms with Gasteiger partial charge in [0.05, 0.1) is 6.10 Å². The Balaban J connectivity index is 1.65. The van der Waals surface area contributed by atoms with E-state index in [4.69, 9.17) is 4.74 Å². The average molecular weight is 313 g/mol. The van der Waals surface area contributed by atoms with Crippen molar-refractivity contribution in [1.29, 1.82) is 0 Å². The van der Waals surface area contributed by atoms with Gasteiger partial charge in [0.15, 0.2) is 0 Å². The highest BCUT2D eigenvalue weighted by atomic mass is 19.1. The van der Waals surface area contributed by atoms with Crippen molar-refractivity contribution in [2.24, 2.45) is 0 Å². The molecule has 1 N–H and O–H groups in total. The SMILES string of the molecule is Cc1cc(F)ccc1NC(=O)c1ccc(OC2CCCC2)cc1. The van der Waals surface area contributed by atoms with E-state index in [-0.39, 0.29) is 11.7 Å². The van der Waals surface area contributed by atoms with Gasteiger partial charge >= 0.3 is 0 Å². The first kappa shape index (κ1) is 15.5. The maximum absolute atomic E-state index is 13.1. The first-order valence-corrected chi connectivity index (χ1v) is 7.96. The maximum atomic E-state index is 13.1. The van der Waals surface area contributed by atoms with Crippen LogP contribution in [0.15, 0.2) is 42.5 Å². The molecule has 1 saturated carbocycles. The van der Waals surface area contributed by atoms with Crippen LogP contribution in [0.2, 0.25) is 0 Å². The highest BCUT2D eigenvalue weighted by Crippen LogP contribution is 2.24. The van der Waals surface area contributed by atoms with E-state index in [0.29, 0.717) is 22.9 Å². The number of carbonyl (C=O) groups excluding carboxylic acids is 1. The van der Waals surface area contributed by atoms with Crippen LogP contribution >= 0.6 is 0 Å². The second-order valence-electron chi connectivity index (χ2n) is 5.96. The zero-order valence-corrected chi connectivity index (χ0v) is 13.1. The van der Waals surface area contributed by atoms with Crippen LogP contribution in [0.25, 0.3) is 0 Å². The Morgan fingerprint density at radius 1 is 1.13 bits per heavy atom. The number of nitrogens with one attached hydrogen (secondary N) is 1. The monoisotopic (exact) mass is 313 g/mol. The van der Waals surface area contributed by atoms with Gasteiger partial charge in [0, 0.05) is 11.3 Å². The number of hydrogen-bond donors (Lipinski definition) is 1. The summed E-state index contributed by atoms with van der Waals surface area (Å²) >= 11 is 0. The molecule has 0 heterocycles. The van der Waals surface area contributed by atoms with Crippen molar-refractivity contribution in [3.05, 3.63) is 59.4 Å². The topological polar surface area (TPSA) is 38.3 Å². The maximum Gasteiger partial charge on any atom is 0.255 e. The number of benzene rings is 2. The smallest absolute Gasteiger partial charge is 0.255 e. The fourth-order valence-corrected chi connectivity index (χ4v) is 2.85. The minimum absolute atomic E-state index is 0.216. The highest BCUT2D eigenvalue weighted by Gasteiger charge is 2.16. The molecule has 4 heteroatoms. The van der Waals surface area contributed by atoms with E-state index >= 15 is 0 Å². The fourth-order valence-electron chi connectivity index (χ4n) is 2.85. The van der Waals surface area contributed by atoms with Gasteiger partial charge in [0.2, 0.25) is 0 Å². The zero-order chi connectivity index (χ0) is 16.2. The lowest BCUT2D eigenvalue weighted by Crippen LogP contribution is -2.13. The largest absolute Gasteiger partial charge is 0.490 e. The molecule has 0 aliphatic heterocycles. The fraction of sp³-hybridized carbons (Fsp3) is 0.316. The van der Waals surface area contributed by atoms with E-state index in [0.717, 1.165) is 18.6 Å². The van der Waals surface area contributed by atoms with Gasteiger partial charge in [-0.05, 0) is 80.6 Å². The molecule has 0 spiro atoms. The molecule has 120 valence electrons. The van der Waals surface area contributed by atoms with Gasteiger partial charge in [-0.3, -0.25) is 4.79 Å². The van der Waals surface area contributed by atoms with Crippen molar-refractivity contribution >= 4 is 11.6 Å². The summed E-state index contributed by atoms with van der Waals surface area (Å²) in [4.78, 5) is 12.3. The lowest BCUT2D eigenvalue weighted by molar-refractivity contribution is 0.102. The zero-order valence-electron chi connectivity index (χ0n) is 13.1. The summed E-state index contributed by atoms with van der Waals surface area (Å²) in [6.07, 6.45) is 4.96. The summed E-state index contributed by atoms with van der Waals surface area (Å²) < 4.78 is 19.0. The van der Waals surface area contributed by atoms with Gasteiger partial charge in [-0.2, -0.15) is 0 Å². The second kappa shape index (κ2) is 6.82. The Bertz CT molecular complexity index is 691. The number of halogens is 1. The Hall–Kier alpha value is -2.36. The Morgan fingerprint density at radius 2 is 1.83 bits per heavy atom. The molecule has 3 rings (SSSR count). The molecule has 1 fully saturated rings. The van der Waals surface area contributed by atoms with Crippen molar-refractivity contribution < 1.29 is 13.9 Å². The van der Waals surface area contributed by atoms with E-state index in [1.165, 1.54) is 25.0 Å². The highest BCUT2D eigenvalue weighted by molar-refractivity contribution is 6.04. The summed E-state index contributed by atoms with van der Waals surface area (Å²) in [6, 6.07) is 11.4. The molecule has 23 heavy (non-hydrogen) atoms. The van der Waals surface area contributed by atoms with Gasteiger partial charge in [-0.25, -0.2) is 4.39 Å². The number of amides is 1. The predicted octanol–water partition coefficient (Wildman–Crippen LogP) is 4.71. The molecule has 2 aromatic rings. The van der Waals surface area contributed by atoms with E-state index in [1.54, 1.807) is 25.1 Å². The van der Waals surface area contributed by atoms with Crippen molar-refractivity contribution in [2.75, 3.05) is 5.32 Å². The van der Waals surface area contributed by atoms with Crippen LogP contribution in [0, 0.1) is 12.7 Å². The van der Waals surface area contributed by atoms with Gasteiger partial charge in [-0.1, -0.05) is 0 Å². The first-order valence-electron chi connectivity index (χ1n) is 7.96. The second-order valence-corrected chi connectivity index (χ2v) is 5.96. The van der Waals surface area contributed by atoms with Crippen LogP contribution in [0.4, 0.5) is 10.1 Å². The van der Waals surface area contributed by atoms with Crippen molar-refractivity contribution in [2.45, 2.75) is 38.7 Å². The van der Waals surface area contributed by atoms with Gasteiger partial charge < -0.3 is 10.1 Å². The molecular weight excluding hydrogens is 293 g/mol. The number of hydrogen-bond acceptors (Lipinski definition) is 2. The number of anilines is 1. The van der Waals surface area contributed by atoms with E-state index in [9.17, 15) is 9.18 Å². The summed E-state index contributed by atoms with van der Waals surface area (Å²) in [7, 11) is 0. The van der Waals surface area contributed by atoms with Crippen molar-refractivity contribution in [3.8, 4) is 5.75 Å². The number of carbonyl (C=O) groups is 1. The van der Waals surface area contributed by atoms with Crippen molar-refractivity contribution in [3.63, 3.8) is 0 Å². The summed E-state index contributed by atoms with van der Waals surface area (Å²) in [5.41, 5.74) is 1.86. The molecule has 3 nitrogen and oxygen atoms in total. The average Bonchev–Trinajstić information content (AvgIpc) is 3.04. The van der Waals surface area contributed by atoms with Crippen LogP contribution < -0.4 is 10.1 Å². The summed E-state index contributed by atoms with van der Waals surface area (Å²) in [5.74, 6) is 0.271. The standard InChI is InChI=1S/C19H20FNO2/c1-13-12-15(20)8-11-18(13)21-19(22)14-6-9-17(10-7-14)23-16-4-2-3-5-16/h6-12,16H,2-5H2,1H3,(H,21,22). The van der Waals surface area contributed by atoms with E-state index < -0.39 is 0 Å². The molecule has 2 aromatic carbocycles. The number of ether oxygens (including phenoxy) is 1. The van der Waals surface area contributed by atoms with Crippen LogP contribution in [-0.4, -0.2) is 12.0 Å². The van der Waals surface area contributed by atoms with Crippen LogP contribution in [0.3, 0.4) is 0 Å². The minimum Gasteiger partial charge on any atom is -0.490 e. The molecule has 1 aliphatic carbocycles. The molecule has 0 saturated heterocycles. The predicted molar refractivity (Wildman–Crippen MR) is 88.4 cm³/mol. The van der Waals surface area contributed by atoms with Gasteiger partial charge in [0.1, 0.15) is 11.6 Å². The molecule has 0 bridgehead atoms. The Morgan fingerprint density at radius 3 is 2.48 bits per heavy atom. The number of aryl methyl sites for hydroxylation is 1. The molecular formula is C19H20FNO2. The van der Waals surface area contributed by atoms with E-state index in [1.807, 2.05) is 12.1 Å². The molecule has 0 radical (unpaired) electrons. The molecule has 0 unspecified atom stereocenters. The number of rotatable bonds is 4. The van der Waals surface area contributed by atoms with Gasteiger partial charge in [0.25, 0.3) is 5.91 Å². The summed E-state index contributed by atoms with van der Waals surface area (Å²) in [6.45, 7) is 1.76. The molecule has 0 atom stereocenters. The van der Waals surface area contributed by atoms with Gasteiger partial charge in [-0.15, -0.1) is 0 Å². The molecule has 1 aliphatic rings. The normalized spacial score (nSPS) is 14.7. The third-order valence-electron chi connectivity index (χ3n) is 4.16. The Kier molecular flexibility index (Phi) is 4.60. The third kappa shape index (κ3) is 3.89. The lowest BCUT2D eigenvalue weighted by Gasteiger charge is -2.13. The first-order chi connectivity index (χ1) is 11.1. The quantitative estimate of drug-likeness (QED) is 0.888. The Labute approximate surface area is 135 Å². The van der Waals surface area contributed by atoms with Crippen LogP contribution in [0.5, 0.6) is 5.75 Å². The van der Waals surface area contributed by atoms with E-state index in [2.05, 4.69) is 5.32 Å². The van der Waals surface area contributed by atoms with Crippen molar-refractivity contribution in [1.82, 2.24) is 0 Å². The third-order valence-corrected chi connectivity index (χ3v) is 4.16.